The topological polar surface area (TPSA) is 87.3 Å². The Labute approximate surface area is 179 Å². The molecule has 1 fully saturated rings. The number of hydrogen-bond donors (Lipinski definition) is 2. The summed E-state index contributed by atoms with van der Waals surface area (Å²) in [6.07, 6.45) is 1.52. The van der Waals surface area contributed by atoms with Crippen molar-refractivity contribution in [1.82, 2.24) is 15.1 Å². The van der Waals surface area contributed by atoms with Crippen LogP contribution in [0.15, 0.2) is 60.7 Å². The Hall–Kier alpha value is -3.68. The van der Waals surface area contributed by atoms with Gasteiger partial charge in [-0.3, -0.25) is 14.7 Å². The summed E-state index contributed by atoms with van der Waals surface area (Å²) >= 11 is 0. The van der Waals surface area contributed by atoms with Gasteiger partial charge in [-0.1, -0.05) is 30.3 Å². The van der Waals surface area contributed by atoms with Crippen LogP contribution in [0.4, 0.5) is 10.1 Å². The summed E-state index contributed by atoms with van der Waals surface area (Å²) in [4.78, 5) is 26.6. The van der Waals surface area contributed by atoms with Crippen LogP contribution in [0.1, 0.15) is 34.9 Å². The van der Waals surface area contributed by atoms with E-state index in [9.17, 15) is 14.0 Å². The lowest BCUT2D eigenvalue weighted by molar-refractivity contribution is -0.134. The molecule has 31 heavy (non-hydrogen) atoms. The molecule has 0 aliphatic carbocycles. The van der Waals surface area contributed by atoms with Crippen LogP contribution < -0.4 is 10.1 Å². The summed E-state index contributed by atoms with van der Waals surface area (Å²) in [6.45, 7) is 1.23. The van der Waals surface area contributed by atoms with E-state index < -0.39 is 11.7 Å². The molecule has 1 aliphatic heterocycles. The van der Waals surface area contributed by atoms with Gasteiger partial charge in [0.05, 0.1) is 5.69 Å². The monoisotopic (exact) mass is 422 g/mol. The van der Waals surface area contributed by atoms with Crippen LogP contribution in [0, 0.1) is 5.82 Å². The maximum absolute atomic E-state index is 13.7. The molecule has 3 aromatic rings. The third-order valence-corrected chi connectivity index (χ3v) is 5.35. The summed E-state index contributed by atoms with van der Waals surface area (Å²) in [6, 6.07) is 16.9. The number of likely N-dealkylation sites (tertiary alicyclic amines) is 1. The minimum Gasteiger partial charge on any atom is -0.484 e. The molecule has 1 aliphatic rings. The van der Waals surface area contributed by atoms with E-state index in [1.807, 2.05) is 30.3 Å². The van der Waals surface area contributed by atoms with Crippen LogP contribution in [-0.4, -0.2) is 46.6 Å². The van der Waals surface area contributed by atoms with Gasteiger partial charge in [0.15, 0.2) is 12.3 Å². The third-order valence-electron chi connectivity index (χ3n) is 5.35. The number of amides is 2. The molecule has 4 rings (SSSR count). The number of anilines is 1. The molecule has 0 bridgehead atoms. The van der Waals surface area contributed by atoms with Gasteiger partial charge in [0, 0.05) is 24.7 Å². The molecular formula is C23H23FN4O3. The average molecular weight is 422 g/mol. The lowest BCUT2D eigenvalue weighted by atomic mass is 9.93. The first-order valence-electron chi connectivity index (χ1n) is 10.2. The lowest BCUT2D eigenvalue weighted by Crippen LogP contribution is -2.40. The standard InChI is InChI=1S/C23H23FN4O3/c24-18-8-4-5-9-19(18)25-23(30)21-14-20(26-27-21)16-10-12-28(13-11-16)22(29)15-31-17-6-2-1-3-7-17/h1-9,14,16H,10-13,15H2,(H,25,30)(H,26,27). The number of carbonyl (C=O) groups excluding carboxylic acids is 2. The number of benzene rings is 2. The molecule has 0 unspecified atom stereocenters. The van der Waals surface area contributed by atoms with E-state index >= 15 is 0 Å². The highest BCUT2D eigenvalue weighted by molar-refractivity contribution is 6.03. The quantitative estimate of drug-likeness (QED) is 0.636. The molecule has 7 nitrogen and oxygen atoms in total. The highest BCUT2D eigenvalue weighted by Crippen LogP contribution is 2.27. The number of rotatable bonds is 6. The smallest absolute Gasteiger partial charge is 0.276 e. The van der Waals surface area contributed by atoms with Crippen LogP contribution >= 0.6 is 0 Å². The van der Waals surface area contributed by atoms with Gasteiger partial charge in [-0.25, -0.2) is 4.39 Å². The highest BCUT2D eigenvalue weighted by atomic mass is 19.1. The first kappa shape index (κ1) is 20.6. The van der Waals surface area contributed by atoms with E-state index in [0.717, 1.165) is 18.5 Å². The number of aromatic amines is 1. The van der Waals surface area contributed by atoms with Crippen molar-refractivity contribution in [3.05, 3.63) is 77.9 Å². The lowest BCUT2D eigenvalue weighted by Gasteiger charge is -2.31. The summed E-state index contributed by atoms with van der Waals surface area (Å²) < 4.78 is 19.3. The predicted molar refractivity (Wildman–Crippen MR) is 113 cm³/mol. The Morgan fingerprint density at radius 3 is 2.55 bits per heavy atom. The summed E-state index contributed by atoms with van der Waals surface area (Å²) in [7, 11) is 0. The largest absolute Gasteiger partial charge is 0.484 e. The maximum Gasteiger partial charge on any atom is 0.276 e. The SMILES string of the molecule is O=C(Nc1ccccc1F)c1cc(C2CCN(C(=O)COc3ccccc3)CC2)[nH]n1. The first-order valence-corrected chi connectivity index (χ1v) is 10.2. The van der Waals surface area contributed by atoms with Crippen molar-refractivity contribution in [3.8, 4) is 5.75 Å². The Morgan fingerprint density at radius 1 is 1.10 bits per heavy atom. The van der Waals surface area contributed by atoms with Crippen LogP contribution in [0.2, 0.25) is 0 Å². The molecule has 0 saturated carbocycles. The minimum absolute atomic E-state index is 0.0130. The Kier molecular flexibility index (Phi) is 6.26. The average Bonchev–Trinajstić information content (AvgIpc) is 3.30. The van der Waals surface area contributed by atoms with Crippen molar-refractivity contribution >= 4 is 17.5 Å². The van der Waals surface area contributed by atoms with E-state index in [-0.39, 0.29) is 29.8 Å². The van der Waals surface area contributed by atoms with E-state index in [1.54, 1.807) is 23.1 Å². The number of H-pyrrole nitrogens is 1. The molecule has 0 atom stereocenters. The third kappa shape index (κ3) is 5.09. The second-order valence-electron chi connectivity index (χ2n) is 7.40. The van der Waals surface area contributed by atoms with E-state index in [4.69, 9.17) is 4.74 Å². The Morgan fingerprint density at radius 2 is 1.81 bits per heavy atom. The molecule has 2 amide bonds. The van der Waals surface area contributed by atoms with Gasteiger partial charge in [0.25, 0.3) is 11.8 Å². The summed E-state index contributed by atoms with van der Waals surface area (Å²) in [5.74, 6) is -0.180. The van der Waals surface area contributed by atoms with Crippen molar-refractivity contribution < 1.29 is 18.7 Å². The Balaban J connectivity index is 1.28. The van der Waals surface area contributed by atoms with Crippen molar-refractivity contribution in [2.45, 2.75) is 18.8 Å². The predicted octanol–water partition coefficient (Wildman–Crippen LogP) is 3.59. The first-order chi connectivity index (χ1) is 15.1. The summed E-state index contributed by atoms with van der Waals surface area (Å²) in [5, 5.41) is 9.52. The van der Waals surface area contributed by atoms with Gasteiger partial charge >= 0.3 is 0 Å². The van der Waals surface area contributed by atoms with Crippen LogP contribution in [0.3, 0.4) is 0 Å². The fourth-order valence-electron chi connectivity index (χ4n) is 3.60. The molecule has 0 radical (unpaired) electrons. The molecular weight excluding hydrogens is 399 g/mol. The zero-order valence-electron chi connectivity index (χ0n) is 16.9. The second kappa shape index (κ2) is 9.42. The number of hydrogen-bond acceptors (Lipinski definition) is 4. The maximum atomic E-state index is 13.7. The van der Waals surface area contributed by atoms with Crippen LogP contribution in [-0.2, 0) is 4.79 Å². The van der Waals surface area contributed by atoms with E-state index in [0.29, 0.717) is 18.8 Å². The number of ether oxygens (including phenoxy) is 1. The molecule has 160 valence electrons. The van der Waals surface area contributed by atoms with Gasteiger partial charge in [0.2, 0.25) is 0 Å². The van der Waals surface area contributed by atoms with Gasteiger partial charge in [-0.15, -0.1) is 0 Å². The number of nitrogens with zero attached hydrogens (tertiary/aromatic N) is 2. The summed E-state index contributed by atoms with van der Waals surface area (Å²) in [5.41, 5.74) is 1.15. The zero-order chi connectivity index (χ0) is 21.6. The van der Waals surface area contributed by atoms with Crippen LogP contribution in [0.5, 0.6) is 5.75 Å². The molecule has 2 N–H and O–H groups in total. The van der Waals surface area contributed by atoms with Crippen LogP contribution in [0.25, 0.3) is 0 Å². The number of para-hydroxylation sites is 2. The number of aromatic nitrogens is 2. The number of halogens is 1. The van der Waals surface area contributed by atoms with Crippen molar-refractivity contribution in [2.75, 3.05) is 25.0 Å². The van der Waals surface area contributed by atoms with Gasteiger partial charge in [-0.2, -0.15) is 5.10 Å². The van der Waals surface area contributed by atoms with Crippen molar-refractivity contribution in [3.63, 3.8) is 0 Å². The molecule has 2 aromatic carbocycles. The van der Waals surface area contributed by atoms with Crippen molar-refractivity contribution in [2.24, 2.45) is 0 Å². The molecule has 0 spiro atoms. The zero-order valence-corrected chi connectivity index (χ0v) is 16.9. The van der Waals surface area contributed by atoms with Gasteiger partial charge < -0.3 is 15.0 Å². The fourth-order valence-corrected chi connectivity index (χ4v) is 3.60. The Bertz CT molecular complexity index is 1050. The number of nitrogens with one attached hydrogen (secondary N) is 2. The normalized spacial score (nSPS) is 14.3. The second-order valence-corrected chi connectivity index (χ2v) is 7.40. The minimum atomic E-state index is -0.500. The molecule has 1 saturated heterocycles. The van der Waals surface area contributed by atoms with E-state index in [1.165, 1.54) is 12.1 Å². The van der Waals surface area contributed by atoms with Crippen molar-refractivity contribution in [1.29, 1.82) is 0 Å². The molecule has 8 heteroatoms. The number of carbonyl (C=O) groups is 2. The fraction of sp³-hybridized carbons (Fsp3) is 0.261. The van der Waals surface area contributed by atoms with Gasteiger partial charge in [0.1, 0.15) is 11.6 Å². The molecule has 1 aromatic heterocycles. The molecule has 2 heterocycles. The highest BCUT2D eigenvalue weighted by Gasteiger charge is 2.26. The number of piperidine rings is 1. The van der Waals surface area contributed by atoms with E-state index in [2.05, 4.69) is 15.5 Å². The van der Waals surface area contributed by atoms with Gasteiger partial charge in [-0.05, 0) is 43.2 Å².